The molecule has 2 aromatic carbocycles. The van der Waals surface area contributed by atoms with Gasteiger partial charge < -0.3 is 11.1 Å². The summed E-state index contributed by atoms with van der Waals surface area (Å²) in [4.78, 5) is 13.6. The summed E-state index contributed by atoms with van der Waals surface area (Å²) in [6.07, 6.45) is 2.28. The molecule has 1 saturated carbocycles. The van der Waals surface area contributed by atoms with Gasteiger partial charge in [0.1, 0.15) is 0 Å². The van der Waals surface area contributed by atoms with E-state index in [0.29, 0.717) is 17.8 Å². The molecule has 2 aromatic rings. The number of hydrogen-bond acceptors (Lipinski definition) is 3. The molecule has 1 amide bonds. The first kappa shape index (κ1) is 17.7. The molecule has 3 N–H and O–H groups in total. The van der Waals surface area contributed by atoms with Gasteiger partial charge in [0.05, 0.1) is 0 Å². The minimum atomic E-state index is -0.0373. The average molecular weight is 349 g/mol. The second-order valence-corrected chi connectivity index (χ2v) is 7.40. The van der Waals surface area contributed by atoms with E-state index < -0.39 is 0 Å². The molecule has 3 rings (SSSR count). The average Bonchev–Trinajstić information content (AvgIpc) is 3.28. The molecule has 0 aromatic heterocycles. The first-order valence-corrected chi connectivity index (χ1v) is 8.28. The predicted molar refractivity (Wildman–Crippen MR) is 99.4 cm³/mol. The Balaban J connectivity index is 0.00000192. The van der Waals surface area contributed by atoms with Crippen LogP contribution < -0.4 is 11.1 Å². The van der Waals surface area contributed by atoms with Crippen LogP contribution in [0, 0.1) is 6.92 Å². The first-order chi connectivity index (χ1) is 10.6. The molecule has 1 aliphatic rings. The van der Waals surface area contributed by atoms with Crippen LogP contribution in [-0.4, -0.2) is 17.2 Å². The molecular formula is C18H21ClN2OS. The number of carbonyl (C=O) groups is 1. The standard InChI is InChI=1S/C18H20N2OS.ClH/c1-13-7-8-14(19)11-16(13)17(21)20-12-18(9-10-18)22-15-5-3-2-4-6-15;/h2-8,11H,9-10,12,19H2,1H3,(H,20,21);1H. The third-order valence-corrected chi connectivity index (χ3v) is 5.46. The maximum atomic E-state index is 12.4. The molecule has 0 saturated heterocycles. The Hall–Kier alpha value is -1.65. The highest BCUT2D eigenvalue weighted by Gasteiger charge is 2.43. The summed E-state index contributed by atoms with van der Waals surface area (Å²) in [5, 5.41) is 3.07. The highest BCUT2D eigenvalue weighted by molar-refractivity contribution is 8.01. The van der Waals surface area contributed by atoms with Gasteiger partial charge in [0.2, 0.25) is 0 Å². The fraction of sp³-hybridized carbons (Fsp3) is 0.278. The summed E-state index contributed by atoms with van der Waals surface area (Å²) in [5.74, 6) is -0.0373. The Morgan fingerprint density at radius 1 is 1.22 bits per heavy atom. The van der Waals surface area contributed by atoms with Crippen molar-refractivity contribution < 1.29 is 4.79 Å². The lowest BCUT2D eigenvalue weighted by Crippen LogP contribution is -2.32. The number of rotatable bonds is 5. The fourth-order valence-corrected chi connectivity index (χ4v) is 3.66. The van der Waals surface area contributed by atoms with E-state index in [1.165, 1.54) is 4.90 Å². The fourth-order valence-electron chi connectivity index (χ4n) is 2.41. The van der Waals surface area contributed by atoms with Crippen molar-refractivity contribution >= 4 is 35.8 Å². The number of nitrogen functional groups attached to an aromatic ring is 1. The highest BCUT2D eigenvalue weighted by Crippen LogP contribution is 2.51. The monoisotopic (exact) mass is 348 g/mol. The number of benzene rings is 2. The van der Waals surface area contributed by atoms with E-state index in [4.69, 9.17) is 5.73 Å². The molecule has 122 valence electrons. The lowest BCUT2D eigenvalue weighted by Gasteiger charge is -2.16. The summed E-state index contributed by atoms with van der Waals surface area (Å²) >= 11 is 1.86. The lowest BCUT2D eigenvalue weighted by molar-refractivity contribution is 0.0952. The largest absolute Gasteiger partial charge is 0.399 e. The molecule has 3 nitrogen and oxygen atoms in total. The molecule has 0 heterocycles. The van der Waals surface area contributed by atoms with Crippen molar-refractivity contribution in [3.63, 3.8) is 0 Å². The van der Waals surface area contributed by atoms with Gasteiger partial charge in [0, 0.05) is 27.4 Å². The molecule has 0 bridgehead atoms. The van der Waals surface area contributed by atoms with Gasteiger partial charge in [-0.25, -0.2) is 0 Å². The third kappa shape index (κ3) is 4.43. The van der Waals surface area contributed by atoms with Crippen LogP contribution in [0.5, 0.6) is 0 Å². The van der Waals surface area contributed by atoms with E-state index in [-0.39, 0.29) is 23.1 Å². The molecule has 0 radical (unpaired) electrons. The number of nitrogens with two attached hydrogens (primary N) is 1. The van der Waals surface area contributed by atoms with Crippen molar-refractivity contribution in [2.75, 3.05) is 12.3 Å². The molecule has 5 heteroatoms. The summed E-state index contributed by atoms with van der Waals surface area (Å²) in [6.45, 7) is 2.62. The number of carbonyl (C=O) groups excluding carboxylic acids is 1. The maximum absolute atomic E-state index is 12.4. The van der Waals surface area contributed by atoms with Crippen LogP contribution in [0.1, 0.15) is 28.8 Å². The SMILES string of the molecule is Cc1ccc(N)cc1C(=O)NCC1(Sc2ccccc2)CC1.Cl. The number of halogens is 1. The number of aryl methyl sites for hydroxylation is 1. The Labute approximate surface area is 147 Å². The van der Waals surface area contributed by atoms with Crippen molar-refractivity contribution in [3.05, 3.63) is 59.7 Å². The minimum Gasteiger partial charge on any atom is -0.399 e. The Morgan fingerprint density at radius 2 is 1.91 bits per heavy atom. The van der Waals surface area contributed by atoms with Gasteiger partial charge in [-0.15, -0.1) is 24.2 Å². The van der Waals surface area contributed by atoms with E-state index in [0.717, 1.165) is 18.4 Å². The highest BCUT2D eigenvalue weighted by atomic mass is 35.5. The number of nitrogens with one attached hydrogen (secondary N) is 1. The second kappa shape index (κ2) is 7.28. The van der Waals surface area contributed by atoms with E-state index >= 15 is 0 Å². The summed E-state index contributed by atoms with van der Waals surface area (Å²) in [6, 6.07) is 15.8. The van der Waals surface area contributed by atoms with Gasteiger partial charge in [-0.2, -0.15) is 0 Å². The summed E-state index contributed by atoms with van der Waals surface area (Å²) in [7, 11) is 0. The van der Waals surface area contributed by atoms with Gasteiger partial charge in [-0.05, 0) is 49.6 Å². The molecule has 0 spiro atoms. The minimum absolute atomic E-state index is 0. The van der Waals surface area contributed by atoms with Crippen LogP contribution >= 0.6 is 24.2 Å². The van der Waals surface area contributed by atoms with E-state index in [1.54, 1.807) is 6.07 Å². The van der Waals surface area contributed by atoms with Gasteiger partial charge in [-0.1, -0.05) is 24.3 Å². The van der Waals surface area contributed by atoms with Crippen LogP contribution in [0.3, 0.4) is 0 Å². The van der Waals surface area contributed by atoms with E-state index in [9.17, 15) is 4.79 Å². The molecule has 1 aliphatic carbocycles. The molecule has 1 fully saturated rings. The van der Waals surface area contributed by atoms with Gasteiger partial charge >= 0.3 is 0 Å². The normalized spacial score (nSPS) is 14.7. The van der Waals surface area contributed by atoms with Gasteiger partial charge in [-0.3, -0.25) is 4.79 Å². The number of amides is 1. The number of thioether (sulfide) groups is 1. The zero-order valence-electron chi connectivity index (χ0n) is 13.0. The molecule has 23 heavy (non-hydrogen) atoms. The van der Waals surface area contributed by atoms with Crippen LogP contribution in [-0.2, 0) is 0 Å². The third-order valence-electron chi connectivity index (χ3n) is 3.96. The van der Waals surface area contributed by atoms with Crippen molar-refractivity contribution in [2.45, 2.75) is 29.4 Å². The zero-order chi connectivity index (χ0) is 15.6. The summed E-state index contributed by atoms with van der Waals surface area (Å²) < 4.78 is 0.158. The number of anilines is 1. The van der Waals surface area contributed by atoms with Gasteiger partial charge in [0.15, 0.2) is 0 Å². The van der Waals surface area contributed by atoms with Crippen LogP contribution in [0.2, 0.25) is 0 Å². The maximum Gasteiger partial charge on any atom is 0.251 e. The second-order valence-electron chi connectivity index (χ2n) is 5.86. The van der Waals surface area contributed by atoms with Crippen LogP contribution in [0.15, 0.2) is 53.4 Å². The van der Waals surface area contributed by atoms with Crippen LogP contribution in [0.4, 0.5) is 5.69 Å². The quantitative estimate of drug-likeness (QED) is 0.801. The van der Waals surface area contributed by atoms with E-state index in [2.05, 4.69) is 17.4 Å². The van der Waals surface area contributed by atoms with Crippen molar-refractivity contribution in [1.29, 1.82) is 0 Å². The molecule has 0 aliphatic heterocycles. The molecule has 0 unspecified atom stereocenters. The number of hydrogen-bond donors (Lipinski definition) is 2. The van der Waals surface area contributed by atoms with Crippen molar-refractivity contribution in [3.8, 4) is 0 Å². The molecular weight excluding hydrogens is 328 g/mol. The predicted octanol–water partition coefficient (Wildman–Crippen LogP) is 4.05. The van der Waals surface area contributed by atoms with Crippen molar-refractivity contribution in [2.24, 2.45) is 0 Å². The summed E-state index contributed by atoms with van der Waals surface area (Å²) in [5.41, 5.74) is 8.02. The topological polar surface area (TPSA) is 55.1 Å². The van der Waals surface area contributed by atoms with E-state index in [1.807, 2.05) is 49.0 Å². The Bertz CT molecular complexity index is 687. The lowest BCUT2D eigenvalue weighted by atomic mass is 10.1. The zero-order valence-corrected chi connectivity index (χ0v) is 14.7. The van der Waals surface area contributed by atoms with Gasteiger partial charge in [0.25, 0.3) is 5.91 Å². The smallest absolute Gasteiger partial charge is 0.251 e. The van der Waals surface area contributed by atoms with Crippen LogP contribution in [0.25, 0.3) is 0 Å². The Kier molecular flexibility index (Phi) is 5.60. The first-order valence-electron chi connectivity index (χ1n) is 7.46. The van der Waals surface area contributed by atoms with Crippen molar-refractivity contribution in [1.82, 2.24) is 5.32 Å². The molecule has 0 atom stereocenters. The Morgan fingerprint density at radius 3 is 2.57 bits per heavy atom.